The number of aromatic nitrogens is 4. The molecule has 23 heavy (non-hydrogen) atoms. The molecular formula is C16H19ClN6. The quantitative estimate of drug-likeness (QED) is 0.685. The van der Waals surface area contributed by atoms with Crippen LogP contribution in [0.15, 0.2) is 12.1 Å². The maximum atomic E-state index is 6.30. The van der Waals surface area contributed by atoms with Crippen LogP contribution >= 0.6 is 11.6 Å². The summed E-state index contributed by atoms with van der Waals surface area (Å²) in [5, 5.41) is 6.23. The molecule has 1 saturated heterocycles. The van der Waals surface area contributed by atoms with E-state index < -0.39 is 0 Å². The number of nitrogens with zero attached hydrogens (tertiary/aromatic N) is 6. The highest BCUT2D eigenvalue weighted by Gasteiger charge is 2.21. The molecule has 3 heterocycles. The van der Waals surface area contributed by atoms with Crippen LogP contribution in [0.1, 0.15) is 11.4 Å². The molecule has 3 aromatic rings. The van der Waals surface area contributed by atoms with Gasteiger partial charge in [-0.1, -0.05) is 11.6 Å². The maximum absolute atomic E-state index is 6.30. The van der Waals surface area contributed by atoms with Crippen LogP contribution in [0.25, 0.3) is 16.6 Å². The summed E-state index contributed by atoms with van der Waals surface area (Å²) in [7, 11) is 2.14. The van der Waals surface area contributed by atoms with Crippen LogP contribution in [-0.4, -0.2) is 57.7 Å². The minimum absolute atomic E-state index is 0.731. The summed E-state index contributed by atoms with van der Waals surface area (Å²) < 4.78 is 1.86. The molecule has 0 spiro atoms. The molecule has 7 heteroatoms. The molecule has 0 atom stereocenters. The number of hydrogen-bond acceptors (Lipinski definition) is 5. The number of halogens is 1. The molecular weight excluding hydrogens is 312 g/mol. The molecule has 1 aliphatic rings. The number of hydrogen-bond donors (Lipinski definition) is 0. The highest BCUT2D eigenvalue weighted by molar-refractivity contribution is 6.32. The molecule has 1 aromatic carbocycles. The van der Waals surface area contributed by atoms with Gasteiger partial charge >= 0.3 is 0 Å². The Morgan fingerprint density at radius 1 is 1.04 bits per heavy atom. The fourth-order valence-electron chi connectivity index (χ4n) is 3.03. The molecule has 1 aliphatic heterocycles. The summed E-state index contributed by atoms with van der Waals surface area (Å²) in [5.74, 6) is 1.61. The monoisotopic (exact) mass is 330 g/mol. The second-order valence-electron chi connectivity index (χ2n) is 6.22. The Morgan fingerprint density at radius 2 is 1.78 bits per heavy atom. The highest BCUT2D eigenvalue weighted by Crippen LogP contribution is 2.28. The predicted molar refractivity (Wildman–Crippen MR) is 92.5 cm³/mol. The molecule has 1 fully saturated rings. The lowest BCUT2D eigenvalue weighted by Gasteiger charge is -2.33. The van der Waals surface area contributed by atoms with Gasteiger partial charge in [0.05, 0.1) is 5.52 Å². The Bertz CT molecular complexity index is 895. The summed E-state index contributed by atoms with van der Waals surface area (Å²) in [5.41, 5.74) is 2.76. The van der Waals surface area contributed by atoms with Crippen LogP contribution in [0.5, 0.6) is 0 Å². The SMILES string of the molecule is Cc1nc2c3cc(Cl)c(C)cc3nc(N3CCN(C)CC3)n2n1. The molecule has 4 rings (SSSR count). The van der Waals surface area contributed by atoms with Crippen molar-refractivity contribution < 1.29 is 0 Å². The number of piperazine rings is 1. The van der Waals surface area contributed by atoms with Crippen LogP contribution in [0.4, 0.5) is 5.95 Å². The fourth-order valence-corrected chi connectivity index (χ4v) is 3.20. The van der Waals surface area contributed by atoms with E-state index in [-0.39, 0.29) is 0 Å². The van der Waals surface area contributed by atoms with E-state index in [1.54, 1.807) is 0 Å². The van der Waals surface area contributed by atoms with Gasteiger partial charge in [-0.3, -0.25) is 0 Å². The Hall–Kier alpha value is -1.92. The predicted octanol–water partition coefficient (Wildman–Crippen LogP) is 2.30. The number of anilines is 1. The Morgan fingerprint density at radius 3 is 2.52 bits per heavy atom. The van der Waals surface area contributed by atoms with Gasteiger partial charge in [-0.05, 0) is 38.6 Å². The smallest absolute Gasteiger partial charge is 0.229 e. The second-order valence-corrected chi connectivity index (χ2v) is 6.62. The summed E-state index contributed by atoms with van der Waals surface area (Å²) in [6.45, 7) is 7.83. The number of likely N-dealkylation sites (N-methyl/N-ethyl adjacent to an activating group) is 1. The van der Waals surface area contributed by atoms with E-state index >= 15 is 0 Å². The zero-order valence-corrected chi connectivity index (χ0v) is 14.3. The number of rotatable bonds is 1. The maximum Gasteiger partial charge on any atom is 0.229 e. The first-order valence-electron chi connectivity index (χ1n) is 7.79. The highest BCUT2D eigenvalue weighted by atomic mass is 35.5. The van der Waals surface area contributed by atoms with Gasteiger partial charge in [0.2, 0.25) is 5.95 Å². The first-order valence-corrected chi connectivity index (χ1v) is 8.17. The second kappa shape index (κ2) is 5.32. The molecule has 120 valence electrons. The van der Waals surface area contributed by atoms with Crippen molar-refractivity contribution in [3.63, 3.8) is 0 Å². The van der Waals surface area contributed by atoms with Crippen LogP contribution in [0.3, 0.4) is 0 Å². The molecule has 0 bridgehead atoms. The third-order valence-electron chi connectivity index (χ3n) is 4.43. The lowest BCUT2D eigenvalue weighted by molar-refractivity contribution is 0.310. The van der Waals surface area contributed by atoms with E-state index in [0.717, 1.165) is 65.1 Å². The topological polar surface area (TPSA) is 49.6 Å². The van der Waals surface area contributed by atoms with Crippen LogP contribution in [-0.2, 0) is 0 Å². The zero-order valence-electron chi connectivity index (χ0n) is 13.5. The molecule has 0 radical (unpaired) electrons. The van der Waals surface area contributed by atoms with Crippen molar-refractivity contribution in [3.8, 4) is 0 Å². The van der Waals surface area contributed by atoms with Crippen molar-refractivity contribution in [2.75, 3.05) is 38.1 Å². The Balaban J connectivity index is 1.97. The van der Waals surface area contributed by atoms with Crippen molar-refractivity contribution >= 4 is 34.1 Å². The van der Waals surface area contributed by atoms with Gasteiger partial charge in [0.1, 0.15) is 5.82 Å². The van der Waals surface area contributed by atoms with Gasteiger partial charge < -0.3 is 9.80 Å². The molecule has 6 nitrogen and oxygen atoms in total. The lowest BCUT2D eigenvalue weighted by atomic mass is 10.1. The van der Waals surface area contributed by atoms with Crippen molar-refractivity contribution in [2.24, 2.45) is 0 Å². The largest absolute Gasteiger partial charge is 0.338 e. The summed E-state index contributed by atoms with van der Waals surface area (Å²) >= 11 is 6.30. The summed E-state index contributed by atoms with van der Waals surface area (Å²) in [4.78, 5) is 14.1. The molecule has 0 saturated carbocycles. The third kappa shape index (κ3) is 2.42. The van der Waals surface area contributed by atoms with Gasteiger partial charge in [0.25, 0.3) is 0 Å². The van der Waals surface area contributed by atoms with Crippen molar-refractivity contribution in [2.45, 2.75) is 13.8 Å². The molecule has 0 amide bonds. The number of aryl methyl sites for hydroxylation is 2. The van der Waals surface area contributed by atoms with E-state index in [1.807, 2.05) is 30.5 Å². The summed E-state index contributed by atoms with van der Waals surface area (Å²) in [6.07, 6.45) is 0. The van der Waals surface area contributed by atoms with Crippen molar-refractivity contribution in [3.05, 3.63) is 28.5 Å². The Labute approximate surface area is 139 Å². The van der Waals surface area contributed by atoms with Crippen molar-refractivity contribution in [1.82, 2.24) is 24.5 Å². The Kier molecular flexibility index (Phi) is 3.39. The minimum Gasteiger partial charge on any atom is -0.338 e. The normalized spacial score (nSPS) is 16.6. The first kappa shape index (κ1) is 14.7. The lowest BCUT2D eigenvalue weighted by Crippen LogP contribution is -2.45. The first-order chi connectivity index (χ1) is 11.0. The van der Waals surface area contributed by atoms with Gasteiger partial charge in [-0.2, -0.15) is 4.52 Å². The van der Waals surface area contributed by atoms with E-state index in [2.05, 4.69) is 26.9 Å². The van der Waals surface area contributed by atoms with Crippen LogP contribution in [0, 0.1) is 13.8 Å². The molecule has 0 N–H and O–H groups in total. The molecule has 0 unspecified atom stereocenters. The molecule has 2 aromatic heterocycles. The van der Waals surface area contributed by atoms with Crippen LogP contribution < -0.4 is 4.90 Å². The summed E-state index contributed by atoms with van der Waals surface area (Å²) in [6, 6.07) is 3.97. The zero-order chi connectivity index (χ0) is 16.1. The van der Waals surface area contributed by atoms with Gasteiger partial charge in [-0.15, -0.1) is 5.10 Å². The van der Waals surface area contributed by atoms with Crippen molar-refractivity contribution in [1.29, 1.82) is 0 Å². The van der Waals surface area contributed by atoms with E-state index in [0.29, 0.717) is 0 Å². The third-order valence-corrected chi connectivity index (χ3v) is 4.83. The van der Waals surface area contributed by atoms with Gasteiger partial charge in [-0.25, -0.2) is 9.97 Å². The van der Waals surface area contributed by atoms with Gasteiger partial charge in [0, 0.05) is 36.6 Å². The van der Waals surface area contributed by atoms with E-state index in [4.69, 9.17) is 16.6 Å². The van der Waals surface area contributed by atoms with Crippen LogP contribution in [0.2, 0.25) is 5.02 Å². The van der Waals surface area contributed by atoms with E-state index in [1.165, 1.54) is 0 Å². The van der Waals surface area contributed by atoms with Gasteiger partial charge in [0.15, 0.2) is 5.65 Å². The molecule has 0 aliphatic carbocycles. The average molecular weight is 331 g/mol. The fraction of sp³-hybridized carbons (Fsp3) is 0.438. The average Bonchev–Trinajstić information content (AvgIpc) is 2.91. The number of benzene rings is 1. The number of fused-ring (bicyclic) bond motifs is 3. The van der Waals surface area contributed by atoms with E-state index in [9.17, 15) is 0 Å². The standard InChI is InChI=1S/C16H19ClN6/c1-10-8-14-12(9-13(10)17)15-18-11(2)20-23(15)16(19-14)22-6-4-21(3)5-7-22/h8-9H,4-7H2,1-3H3. The minimum atomic E-state index is 0.731.